The molecule has 140 valence electrons. The quantitative estimate of drug-likeness (QED) is 0.815. The van der Waals surface area contributed by atoms with E-state index in [9.17, 15) is 15.2 Å². The molecule has 0 saturated heterocycles. The second-order valence-corrected chi connectivity index (χ2v) is 5.70. The molecule has 2 heterocycles. The van der Waals surface area contributed by atoms with Crippen LogP contribution in [0.1, 0.15) is 29.9 Å². The molecule has 1 aromatic heterocycles. The van der Waals surface area contributed by atoms with E-state index in [1.807, 2.05) is 13.0 Å². The maximum absolute atomic E-state index is 12.3. The third-order valence-electron chi connectivity index (χ3n) is 4.11. The van der Waals surface area contributed by atoms with Crippen LogP contribution in [0.4, 0.5) is 0 Å². The molecule has 3 N–H and O–H groups in total. The molecule has 8 nitrogen and oxygen atoms in total. The summed E-state index contributed by atoms with van der Waals surface area (Å²) >= 11 is 0. The third kappa shape index (κ3) is 3.20. The molecular formula is C19H18N2O6. The number of hydrogen-bond donors (Lipinski definition) is 2. The Morgan fingerprint density at radius 1 is 1.33 bits per heavy atom. The zero-order chi connectivity index (χ0) is 19.6. The van der Waals surface area contributed by atoms with Gasteiger partial charge < -0.3 is 29.5 Å². The van der Waals surface area contributed by atoms with E-state index in [2.05, 4.69) is 0 Å². The molecule has 0 spiro atoms. The monoisotopic (exact) mass is 370 g/mol. The van der Waals surface area contributed by atoms with Crippen LogP contribution in [0.2, 0.25) is 0 Å². The first-order valence-electron chi connectivity index (χ1n) is 8.20. The summed E-state index contributed by atoms with van der Waals surface area (Å²) in [4.78, 5) is 12.3. The summed E-state index contributed by atoms with van der Waals surface area (Å²) in [6.07, 6.45) is 0. The highest BCUT2D eigenvalue weighted by Gasteiger charge is 2.35. The number of nitrogens with zero attached hydrogens (tertiary/aromatic N) is 1. The van der Waals surface area contributed by atoms with Crippen molar-refractivity contribution >= 4 is 0 Å². The fourth-order valence-electron chi connectivity index (χ4n) is 2.93. The Balaban J connectivity index is 2.24. The Kier molecular flexibility index (Phi) is 5.05. The van der Waals surface area contributed by atoms with Gasteiger partial charge in [0.05, 0.1) is 19.6 Å². The van der Waals surface area contributed by atoms with E-state index in [4.69, 9.17) is 24.4 Å². The Morgan fingerprint density at radius 3 is 2.74 bits per heavy atom. The molecule has 0 bridgehead atoms. The highest BCUT2D eigenvalue weighted by molar-refractivity contribution is 5.55. The van der Waals surface area contributed by atoms with Crippen LogP contribution in [0.15, 0.2) is 44.9 Å². The van der Waals surface area contributed by atoms with Crippen molar-refractivity contribution in [3.63, 3.8) is 0 Å². The summed E-state index contributed by atoms with van der Waals surface area (Å²) in [5, 5.41) is 18.9. The van der Waals surface area contributed by atoms with E-state index in [1.54, 1.807) is 18.2 Å². The fourth-order valence-corrected chi connectivity index (χ4v) is 2.93. The maximum atomic E-state index is 12.3. The topological polar surface area (TPSA) is 128 Å². The van der Waals surface area contributed by atoms with Gasteiger partial charge in [-0.25, -0.2) is 0 Å². The molecule has 0 aliphatic carbocycles. The van der Waals surface area contributed by atoms with Gasteiger partial charge in [-0.05, 0) is 24.6 Å². The van der Waals surface area contributed by atoms with Gasteiger partial charge in [0.2, 0.25) is 17.1 Å². The number of hydrogen-bond acceptors (Lipinski definition) is 8. The second-order valence-electron chi connectivity index (χ2n) is 5.70. The molecule has 3 rings (SSSR count). The van der Waals surface area contributed by atoms with E-state index >= 15 is 0 Å². The van der Waals surface area contributed by atoms with Crippen LogP contribution < -0.4 is 25.4 Å². The Hall–Kier alpha value is -3.44. The average Bonchev–Trinajstić information content (AvgIpc) is 2.68. The third-order valence-corrected chi connectivity index (χ3v) is 4.11. The number of fused-ring (bicyclic) bond motifs is 1. The van der Waals surface area contributed by atoms with Crippen LogP contribution in [0.3, 0.4) is 0 Å². The second kappa shape index (κ2) is 7.43. The lowest BCUT2D eigenvalue weighted by atomic mass is 9.87. The summed E-state index contributed by atoms with van der Waals surface area (Å²) in [7, 11) is 1.50. The van der Waals surface area contributed by atoms with Gasteiger partial charge in [-0.3, -0.25) is 4.79 Å². The Bertz CT molecular complexity index is 1000. The molecule has 1 unspecified atom stereocenters. The van der Waals surface area contributed by atoms with Gasteiger partial charge >= 0.3 is 0 Å². The fraction of sp³-hybridized carbons (Fsp3) is 0.263. The Morgan fingerprint density at radius 2 is 2.11 bits per heavy atom. The maximum Gasteiger partial charge on any atom is 0.228 e. The van der Waals surface area contributed by atoms with Crippen molar-refractivity contribution in [3.8, 4) is 23.3 Å². The van der Waals surface area contributed by atoms with Crippen molar-refractivity contribution < 1.29 is 23.7 Å². The van der Waals surface area contributed by atoms with E-state index in [0.29, 0.717) is 23.7 Å². The lowest BCUT2D eigenvalue weighted by Crippen LogP contribution is -2.25. The summed E-state index contributed by atoms with van der Waals surface area (Å²) in [6, 6.07) is 8.24. The molecule has 0 saturated carbocycles. The SMILES string of the molecule is CCOc1ccc(C2C(C#N)=C(N)Oc3c2oc(CO)cc3=O)cc1OC. The van der Waals surface area contributed by atoms with Crippen LogP contribution in [-0.4, -0.2) is 18.8 Å². The van der Waals surface area contributed by atoms with Gasteiger partial charge in [0.1, 0.15) is 24.0 Å². The summed E-state index contributed by atoms with van der Waals surface area (Å²) in [5.74, 6) is 0.0819. The first-order chi connectivity index (χ1) is 13.0. The number of aliphatic hydroxyl groups excluding tert-OH is 1. The predicted molar refractivity (Wildman–Crippen MR) is 94.4 cm³/mol. The minimum Gasteiger partial charge on any atom is -0.493 e. The molecule has 2 aromatic rings. The minimum absolute atomic E-state index is 0.0583. The van der Waals surface area contributed by atoms with Crippen molar-refractivity contribution in [1.82, 2.24) is 0 Å². The van der Waals surface area contributed by atoms with Crippen molar-refractivity contribution in [2.75, 3.05) is 13.7 Å². The highest BCUT2D eigenvalue weighted by Crippen LogP contribution is 2.43. The van der Waals surface area contributed by atoms with Crippen molar-refractivity contribution in [1.29, 1.82) is 5.26 Å². The highest BCUT2D eigenvalue weighted by atomic mass is 16.5. The van der Waals surface area contributed by atoms with E-state index < -0.39 is 18.0 Å². The summed E-state index contributed by atoms with van der Waals surface area (Å²) in [5.41, 5.74) is 6.06. The summed E-state index contributed by atoms with van der Waals surface area (Å²) in [6.45, 7) is 1.84. The van der Waals surface area contributed by atoms with Crippen LogP contribution in [0, 0.1) is 11.3 Å². The number of nitrogens with two attached hydrogens (primary N) is 1. The predicted octanol–water partition coefficient (Wildman–Crippen LogP) is 1.76. The van der Waals surface area contributed by atoms with Gasteiger partial charge in [0.25, 0.3) is 0 Å². The number of nitriles is 1. The van der Waals surface area contributed by atoms with E-state index in [-0.39, 0.29) is 28.7 Å². The zero-order valence-electron chi connectivity index (χ0n) is 14.8. The smallest absolute Gasteiger partial charge is 0.228 e. The lowest BCUT2D eigenvalue weighted by Gasteiger charge is -2.25. The standard InChI is InChI=1S/C19H18N2O6/c1-3-25-14-5-4-10(6-15(14)24-2)16-12(8-20)19(21)27-17-13(23)7-11(9-22)26-18(16)17/h4-7,16,22H,3,9,21H2,1-2H3. The zero-order valence-corrected chi connectivity index (χ0v) is 14.8. The minimum atomic E-state index is -0.789. The van der Waals surface area contributed by atoms with Gasteiger partial charge in [0, 0.05) is 6.07 Å². The van der Waals surface area contributed by atoms with Gasteiger partial charge in [0.15, 0.2) is 17.3 Å². The molecule has 0 fully saturated rings. The van der Waals surface area contributed by atoms with Crippen molar-refractivity contribution in [2.24, 2.45) is 5.73 Å². The number of benzene rings is 1. The molecule has 0 amide bonds. The van der Waals surface area contributed by atoms with Crippen molar-refractivity contribution in [3.05, 3.63) is 63.0 Å². The number of allylic oxidation sites excluding steroid dienone is 1. The largest absolute Gasteiger partial charge is 0.493 e. The van der Waals surface area contributed by atoms with Gasteiger partial charge in [-0.2, -0.15) is 5.26 Å². The first-order valence-corrected chi connectivity index (χ1v) is 8.20. The van der Waals surface area contributed by atoms with Crippen molar-refractivity contribution in [2.45, 2.75) is 19.4 Å². The van der Waals surface area contributed by atoms with Crippen LogP contribution in [-0.2, 0) is 6.61 Å². The van der Waals surface area contributed by atoms with E-state index in [1.165, 1.54) is 7.11 Å². The molecule has 0 radical (unpaired) electrons. The van der Waals surface area contributed by atoms with Crippen LogP contribution >= 0.6 is 0 Å². The molecule has 27 heavy (non-hydrogen) atoms. The van der Waals surface area contributed by atoms with Crippen LogP contribution in [0.25, 0.3) is 0 Å². The number of rotatable bonds is 5. The molecule has 1 atom stereocenters. The lowest BCUT2D eigenvalue weighted by molar-refractivity contribution is 0.231. The number of methoxy groups -OCH3 is 1. The molecular weight excluding hydrogens is 352 g/mol. The summed E-state index contributed by atoms with van der Waals surface area (Å²) < 4.78 is 21.8. The van der Waals surface area contributed by atoms with E-state index in [0.717, 1.165) is 6.07 Å². The molecule has 1 aliphatic heterocycles. The number of aliphatic hydroxyl groups is 1. The molecule has 1 aliphatic rings. The van der Waals surface area contributed by atoms with Crippen LogP contribution in [0.5, 0.6) is 17.2 Å². The molecule has 1 aromatic carbocycles. The average molecular weight is 370 g/mol. The number of ether oxygens (including phenoxy) is 3. The molecule has 8 heteroatoms. The van der Waals surface area contributed by atoms with Gasteiger partial charge in [-0.15, -0.1) is 0 Å². The van der Waals surface area contributed by atoms with Gasteiger partial charge in [-0.1, -0.05) is 6.07 Å². The normalized spacial score (nSPS) is 15.6. The first kappa shape index (κ1) is 18.4. The Labute approximate surface area is 155 Å².